The molecule has 0 spiro atoms. The van der Waals surface area contributed by atoms with Gasteiger partial charge in [0.15, 0.2) is 10.6 Å². The molecule has 0 atom stereocenters. The standard InChI is InChI=1S/C18H19N7O6S2/c1-5-23(6-2)12-7-8-13(14(9-12)22-33(4,30)31)20-21-15-10-18(32-19-3)17(25(28)29)11-16(15)24(26)27/h7-11,22H,5-6H2,1-2,4H3. The van der Waals surface area contributed by atoms with Crippen LogP contribution in [0.5, 0.6) is 0 Å². The molecule has 0 fully saturated rings. The Hall–Kier alpha value is -3.77. The SMILES string of the molecule is [C-]#[N+]Sc1cc(N=Nc2ccc(N(CC)CC)cc2NS(C)(=O)=O)c([N+](=O)[O-])cc1[N+](=O)[O-]. The molecule has 15 heteroatoms. The summed E-state index contributed by atoms with van der Waals surface area (Å²) in [5.74, 6) is 0. The minimum atomic E-state index is -3.68. The zero-order valence-corrected chi connectivity index (χ0v) is 19.4. The molecule has 0 saturated carbocycles. The number of hydrogen-bond acceptors (Lipinski definition) is 10. The molecule has 2 rings (SSSR count). The minimum Gasteiger partial charge on any atom is -0.372 e. The molecule has 2 aromatic rings. The van der Waals surface area contributed by atoms with Crippen molar-refractivity contribution in [3.63, 3.8) is 0 Å². The highest BCUT2D eigenvalue weighted by Crippen LogP contribution is 2.41. The van der Waals surface area contributed by atoms with Crippen LogP contribution in [0, 0.1) is 26.8 Å². The maximum absolute atomic E-state index is 11.8. The Balaban J connectivity index is 2.63. The van der Waals surface area contributed by atoms with Gasteiger partial charge < -0.3 is 4.90 Å². The number of rotatable bonds is 10. The third-order valence-electron chi connectivity index (χ3n) is 4.26. The lowest BCUT2D eigenvalue weighted by Gasteiger charge is -2.22. The summed E-state index contributed by atoms with van der Waals surface area (Å²) in [7, 11) is -3.68. The van der Waals surface area contributed by atoms with E-state index in [1.807, 2.05) is 18.7 Å². The van der Waals surface area contributed by atoms with Crippen molar-refractivity contribution >= 4 is 56.1 Å². The van der Waals surface area contributed by atoms with Crippen LogP contribution in [0.25, 0.3) is 4.25 Å². The van der Waals surface area contributed by atoms with Crippen LogP contribution in [-0.2, 0) is 10.0 Å². The Bertz CT molecular complexity index is 1250. The molecular weight excluding hydrogens is 474 g/mol. The van der Waals surface area contributed by atoms with Crippen molar-refractivity contribution < 1.29 is 18.3 Å². The molecule has 0 unspecified atom stereocenters. The molecule has 0 bridgehead atoms. The third-order valence-corrected chi connectivity index (χ3v) is 5.47. The highest BCUT2D eigenvalue weighted by atomic mass is 32.2. The molecule has 1 N–H and O–H groups in total. The van der Waals surface area contributed by atoms with Gasteiger partial charge in [0.2, 0.25) is 10.0 Å². The monoisotopic (exact) mass is 493 g/mol. The van der Waals surface area contributed by atoms with E-state index >= 15 is 0 Å². The maximum Gasteiger partial charge on any atom is 0.303 e. The molecule has 0 saturated heterocycles. The van der Waals surface area contributed by atoms with Gasteiger partial charge in [0.1, 0.15) is 5.69 Å². The summed E-state index contributed by atoms with van der Waals surface area (Å²) < 4.78 is 29.0. The number of anilines is 2. The van der Waals surface area contributed by atoms with Crippen LogP contribution in [0.4, 0.5) is 34.1 Å². The number of nitro benzene ring substituents is 2. The van der Waals surface area contributed by atoms with E-state index in [-0.39, 0.29) is 22.0 Å². The molecule has 0 amide bonds. The molecule has 0 aromatic heterocycles. The van der Waals surface area contributed by atoms with E-state index in [9.17, 15) is 28.6 Å². The second kappa shape index (κ2) is 10.7. The van der Waals surface area contributed by atoms with Crippen molar-refractivity contribution in [1.29, 1.82) is 0 Å². The molecule has 174 valence electrons. The summed E-state index contributed by atoms with van der Waals surface area (Å²) in [4.78, 5) is 22.8. The summed E-state index contributed by atoms with van der Waals surface area (Å²) in [5.41, 5.74) is -0.715. The van der Waals surface area contributed by atoms with E-state index in [1.165, 1.54) is 6.07 Å². The molecule has 0 aliphatic carbocycles. The Morgan fingerprint density at radius 1 is 1.06 bits per heavy atom. The smallest absolute Gasteiger partial charge is 0.303 e. The number of nitrogens with one attached hydrogen (secondary N) is 1. The Labute approximate surface area is 193 Å². The second-order valence-electron chi connectivity index (χ2n) is 6.45. The number of sulfonamides is 1. The quantitative estimate of drug-likeness (QED) is 0.158. The Morgan fingerprint density at radius 3 is 2.18 bits per heavy atom. The first-order valence-corrected chi connectivity index (χ1v) is 12.0. The van der Waals surface area contributed by atoms with Crippen LogP contribution >= 0.6 is 11.9 Å². The summed E-state index contributed by atoms with van der Waals surface area (Å²) >= 11 is 0.436. The van der Waals surface area contributed by atoms with Crippen LogP contribution < -0.4 is 9.62 Å². The summed E-state index contributed by atoms with van der Waals surface area (Å²) in [6, 6.07) is 6.49. The first-order valence-electron chi connectivity index (χ1n) is 9.29. The molecule has 0 heterocycles. The zero-order valence-electron chi connectivity index (χ0n) is 17.8. The van der Waals surface area contributed by atoms with Crippen LogP contribution in [-0.4, -0.2) is 37.6 Å². The summed E-state index contributed by atoms with van der Waals surface area (Å²) in [5, 5.41) is 30.4. The average Bonchev–Trinajstić information content (AvgIpc) is 2.72. The van der Waals surface area contributed by atoms with E-state index in [0.29, 0.717) is 31.1 Å². The topological polar surface area (TPSA) is 165 Å². The molecule has 33 heavy (non-hydrogen) atoms. The predicted octanol–water partition coefficient (Wildman–Crippen LogP) is 5.06. The van der Waals surface area contributed by atoms with Crippen molar-refractivity contribution in [2.24, 2.45) is 10.2 Å². The molecular formula is C18H19N7O6S2. The lowest BCUT2D eigenvalue weighted by Crippen LogP contribution is -2.22. The van der Waals surface area contributed by atoms with Gasteiger partial charge in [-0.25, -0.2) is 19.2 Å². The number of azo groups is 1. The Kier molecular flexibility index (Phi) is 8.26. The van der Waals surface area contributed by atoms with Crippen LogP contribution in [0.3, 0.4) is 0 Å². The molecule has 2 aromatic carbocycles. The van der Waals surface area contributed by atoms with Gasteiger partial charge in [0.25, 0.3) is 5.69 Å². The van der Waals surface area contributed by atoms with Gasteiger partial charge in [0.05, 0.1) is 27.9 Å². The molecule has 0 aliphatic rings. The van der Waals surface area contributed by atoms with Crippen molar-refractivity contribution in [1.82, 2.24) is 0 Å². The zero-order chi connectivity index (χ0) is 24.8. The Morgan fingerprint density at radius 2 is 1.67 bits per heavy atom. The lowest BCUT2D eigenvalue weighted by molar-refractivity contribution is -0.395. The fourth-order valence-electron chi connectivity index (χ4n) is 2.82. The second-order valence-corrected chi connectivity index (χ2v) is 9.01. The van der Waals surface area contributed by atoms with Gasteiger partial charge in [-0.15, -0.1) is 10.2 Å². The van der Waals surface area contributed by atoms with Gasteiger partial charge in [-0.2, -0.15) is 0 Å². The molecule has 0 aliphatic heterocycles. The fraction of sp³-hybridized carbons (Fsp3) is 0.278. The summed E-state index contributed by atoms with van der Waals surface area (Å²) in [6.07, 6.45) is 0.965. The number of nitrogens with zero attached hydrogens (tertiary/aromatic N) is 6. The lowest BCUT2D eigenvalue weighted by atomic mass is 10.2. The van der Waals surface area contributed by atoms with Gasteiger partial charge in [-0.1, -0.05) is 0 Å². The van der Waals surface area contributed by atoms with E-state index in [4.69, 9.17) is 6.57 Å². The van der Waals surface area contributed by atoms with Gasteiger partial charge in [-0.3, -0.25) is 25.0 Å². The minimum absolute atomic E-state index is 0.0726. The van der Waals surface area contributed by atoms with E-state index in [1.54, 1.807) is 12.1 Å². The fourth-order valence-corrected chi connectivity index (χ4v) is 3.88. The highest BCUT2D eigenvalue weighted by Gasteiger charge is 2.27. The number of nitro groups is 2. The number of benzene rings is 2. The van der Waals surface area contributed by atoms with Crippen molar-refractivity contribution in [2.45, 2.75) is 18.7 Å². The average molecular weight is 494 g/mol. The molecule has 13 nitrogen and oxygen atoms in total. The molecule has 0 radical (unpaired) electrons. The predicted molar refractivity (Wildman–Crippen MR) is 125 cm³/mol. The summed E-state index contributed by atoms with van der Waals surface area (Å²) in [6.45, 7) is 12.2. The normalized spacial score (nSPS) is 11.2. The largest absolute Gasteiger partial charge is 0.372 e. The van der Waals surface area contributed by atoms with Crippen LogP contribution in [0.1, 0.15) is 13.8 Å². The van der Waals surface area contributed by atoms with Crippen molar-refractivity contribution in [3.8, 4) is 0 Å². The van der Waals surface area contributed by atoms with Gasteiger partial charge in [-0.05, 0) is 32.0 Å². The first kappa shape index (κ1) is 25.5. The van der Waals surface area contributed by atoms with Gasteiger partial charge >= 0.3 is 17.6 Å². The van der Waals surface area contributed by atoms with Gasteiger partial charge in [0, 0.05) is 24.8 Å². The van der Waals surface area contributed by atoms with E-state index < -0.39 is 31.2 Å². The number of hydrogen-bond donors (Lipinski definition) is 1. The van der Waals surface area contributed by atoms with Crippen LogP contribution in [0.15, 0.2) is 45.5 Å². The highest BCUT2D eigenvalue weighted by molar-refractivity contribution is 8.01. The van der Waals surface area contributed by atoms with Crippen LogP contribution in [0.2, 0.25) is 0 Å². The van der Waals surface area contributed by atoms with Crippen molar-refractivity contribution in [3.05, 3.63) is 61.4 Å². The third kappa shape index (κ3) is 6.60. The van der Waals surface area contributed by atoms with E-state index in [0.717, 1.165) is 18.0 Å². The maximum atomic E-state index is 11.8. The first-order chi connectivity index (χ1) is 15.5. The van der Waals surface area contributed by atoms with Crippen molar-refractivity contribution in [2.75, 3.05) is 29.0 Å². The van der Waals surface area contributed by atoms with E-state index in [2.05, 4.69) is 19.2 Å².